The van der Waals surface area contributed by atoms with E-state index in [0.717, 1.165) is 28.0 Å². The van der Waals surface area contributed by atoms with Gasteiger partial charge in [0, 0.05) is 22.0 Å². The van der Waals surface area contributed by atoms with Gasteiger partial charge in [-0.2, -0.15) is 0 Å². The van der Waals surface area contributed by atoms with E-state index in [1.54, 1.807) is 0 Å². The molecule has 17 heavy (non-hydrogen) atoms. The van der Waals surface area contributed by atoms with Crippen LogP contribution in [0.5, 0.6) is 0 Å². The average Bonchev–Trinajstić information content (AvgIpc) is 2.23. The molecule has 0 saturated carbocycles. The fourth-order valence-electron chi connectivity index (χ4n) is 1.54. The Kier molecular flexibility index (Phi) is 5.95. The lowest BCUT2D eigenvalue weighted by molar-refractivity contribution is -0.118. The molecule has 0 fully saturated rings. The highest BCUT2D eigenvalue weighted by Crippen LogP contribution is 2.26. The first-order valence-corrected chi connectivity index (χ1v) is 6.64. The number of benzene rings is 1. The van der Waals surface area contributed by atoms with Gasteiger partial charge in [-0.25, -0.2) is 0 Å². The number of carbonyl (C=O) groups is 1. The quantitative estimate of drug-likeness (QED) is 0.792. The molecule has 0 saturated heterocycles. The fraction of sp³-hybridized carbons (Fsp3) is 0.417. The summed E-state index contributed by atoms with van der Waals surface area (Å²) < 4.78 is 0.965. The second kappa shape index (κ2) is 6.99. The molecule has 1 amide bonds. The molecule has 1 atom stereocenters. The van der Waals surface area contributed by atoms with Crippen molar-refractivity contribution < 1.29 is 4.79 Å². The zero-order chi connectivity index (χ0) is 12.8. The number of nitrogens with one attached hydrogen (secondary N) is 1. The maximum absolute atomic E-state index is 10.6. The van der Waals surface area contributed by atoms with Gasteiger partial charge in [0.05, 0.1) is 0 Å². The summed E-state index contributed by atoms with van der Waals surface area (Å²) in [5.74, 6) is -0.263. The van der Waals surface area contributed by atoms with E-state index in [-0.39, 0.29) is 11.9 Å². The van der Waals surface area contributed by atoms with Crippen LogP contribution in [0.15, 0.2) is 22.7 Å². The van der Waals surface area contributed by atoms with Crippen LogP contribution < -0.4 is 11.1 Å². The minimum atomic E-state index is -0.263. The molecule has 0 aliphatic heterocycles. The van der Waals surface area contributed by atoms with E-state index in [0.29, 0.717) is 6.42 Å². The van der Waals surface area contributed by atoms with E-state index in [9.17, 15) is 4.79 Å². The monoisotopic (exact) mass is 318 g/mol. The van der Waals surface area contributed by atoms with Crippen molar-refractivity contribution in [3.8, 4) is 0 Å². The van der Waals surface area contributed by atoms with Crippen LogP contribution in [0.1, 0.15) is 31.4 Å². The number of carbonyl (C=O) groups excluding carboxylic acids is 1. The van der Waals surface area contributed by atoms with Crippen molar-refractivity contribution >= 4 is 33.4 Å². The molecule has 94 valence electrons. The van der Waals surface area contributed by atoms with Crippen LogP contribution in [0, 0.1) is 0 Å². The molecule has 0 aromatic heterocycles. The largest absolute Gasteiger partial charge is 0.370 e. The van der Waals surface area contributed by atoms with E-state index in [1.807, 2.05) is 25.1 Å². The van der Waals surface area contributed by atoms with Gasteiger partial charge in [0.15, 0.2) is 0 Å². The molecule has 0 radical (unpaired) electrons. The summed E-state index contributed by atoms with van der Waals surface area (Å²) in [5.41, 5.74) is 6.12. The van der Waals surface area contributed by atoms with Gasteiger partial charge in [0.25, 0.3) is 0 Å². The van der Waals surface area contributed by atoms with Crippen LogP contribution in [0.25, 0.3) is 0 Å². The number of primary amides is 1. The molecule has 0 heterocycles. The SMILES string of the molecule is CC(NCCCC(N)=O)c1ccc(Br)cc1Cl. The summed E-state index contributed by atoms with van der Waals surface area (Å²) in [4.78, 5) is 10.6. The Morgan fingerprint density at radius 1 is 1.59 bits per heavy atom. The number of hydrogen-bond donors (Lipinski definition) is 2. The molecule has 1 unspecified atom stereocenters. The van der Waals surface area contributed by atoms with Gasteiger partial charge >= 0.3 is 0 Å². The molecule has 5 heteroatoms. The van der Waals surface area contributed by atoms with Gasteiger partial charge in [-0.05, 0) is 37.6 Å². The zero-order valence-electron chi connectivity index (χ0n) is 9.67. The van der Waals surface area contributed by atoms with Crippen molar-refractivity contribution in [3.63, 3.8) is 0 Å². The maximum atomic E-state index is 10.6. The second-order valence-electron chi connectivity index (χ2n) is 3.91. The lowest BCUT2D eigenvalue weighted by atomic mass is 10.1. The van der Waals surface area contributed by atoms with E-state index in [2.05, 4.69) is 21.2 Å². The smallest absolute Gasteiger partial charge is 0.217 e. The number of halogens is 2. The van der Waals surface area contributed by atoms with Gasteiger partial charge in [-0.3, -0.25) is 4.79 Å². The van der Waals surface area contributed by atoms with Crippen LogP contribution in [0.4, 0.5) is 0 Å². The van der Waals surface area contributed by atoms with Crippen molar-refractivity contribution in [1.82, 2.24) is 5.32 Å². The Balaban J connectivity index is 2.46. The van der Waals surface area contributed by atoms with Crippen molar-refractivity contribution in [2.75, 3.05) is 6.54 Å². The van der Waals surface area contributed by atoms with E-state index in [4.69, 9.17) is 17.3 Å². The molecule has 0 bridgehead atoms. The van der Waals surface area contributed by atoms with Gasteiger partial charge in [0.2, 0.25) is 5.91 Å². The van der Waals surface area contributed by atoms with Gasteiger partial charge in [-0.1, -0.05) is 33.6 Å². The summed E-state index contributed by atoms with van der Waals surface area (Å²) >= 11 is 9.51. The number of rotatable bonds is 6. The van der Waals surface area contributed by atoms with Gasteiger partial charge in [0.1, 0.15) is 0 Å². The summed E-state index contributed by atoms with van der Waals surface area (Å²) in [6, 6.07) is 5.97. The lowest BCUT2D eigenvalue weighted by Crippen LogP contribution is -2.22. The van der Waals surface area contributed by atoms with Crippen molar-refractivity contribution in [2.45, 2.75) is 25.8 Å². The fourth-order valence-corrected chi connectivity index (χ4v) is 2.38. The van der Waals surface area contributed by atoms with E-state index >= 15 is 0 Å². The average molecular weight is 320 g/mol. The van der Waals surface area contributed by atoms with Crippen molar-refractivity contribution in [2.24, 2.45) is 5.73 Å². The molecule has 3 nitrogen and oxygen atoms in total. The van der Waals surface area contributed by atoms with E-state index in [1.165, 1.54) is 0 Å². The second-order valence-corrected chi connectivity index (χ2v) is 5.23. The number of amides is 1. The van der Waals surface area contributed by atoms with Crippen LogP contribution in [-0.2, 0) is 4.79 Å². The first-order valence-electron chi connectivity index (χ1n) is 5.47. The van der Waals surface area contributed by atoms with Crippen molar-refractivity contribution in [1.29, 1.82) is 0 Å². The molecule has 1 aromatic carbocycles. The van der Waals surface area contributed by atoms with Gasteiger partial charge in [-0.15, -0.1) is 0 Å². The number of hydrogen-bond acceptors (Lipinski definition) is 2. The summed E-state index contributed by atoms with van der Waals surface area (Å²) in [5, 5.41) is 4.04. The highest BCUT2D eigenvalue weighted by atomic mass is 79.9. The zero-order valence-corrected chi connectivity index (χ0v) is 12.0. The Bertz CT molecular complexity index is 398. The van der Waals surface area contributed by atoms with Crippen molar-refractivity contribution in [3.05, 3.63) is 33.3 Å². The Morgan fingerprint density at radius 3 is 2.88 bits per heavy atom. The molecule has 0 aliphatic rings. The van der Waals surface area contributed by atoms with Gasteiger partial charge < -0.3 is 11.1 Å². The summed E-state index contributed by atoms with van der Waals surface area (Å²) in [6.07, 6.45) is 1.15. The minimum absolute atomic E-state index is 0.156. The Labute approximate surface area is 115 Å². The van der Waals surface area contributed by atoms with Crippen LogP contribution in [0.3, 0.4) is 0 Å². The molecule has 3 N–H and O–H groups in total. The third-order valence-electron chi connectivity index (χ3n) is 2.48. The highest BCUT2D eigenvalue weighted by Gasteiger charge is 2.09. The topological polar surface area (TPSA) is 55.1 Å². The Hall–Kier alpha value is -0.580. The Morgan fingerprint density at radius 2 is 2.29 bits per heavy atom. The summed E-state index contributed by atoms with van der Waals surface area (Å²) in [7, 11) is 0. The normalized spacial score (nSPS) is 12.4. The number of nitrogens with two attached hydrogens (primary N) is 1. The minimum Gasteiger partial charge on any atom is -0.370 e. The lowest BCUT2D eigenvalue weighted by Gasteiger charge is -2.15. The summed E-state index contributed by atoms with van der Waals surface area (Å²) in [6.45, 7) is 2.79. The van der Waals surface area contributed by atoms with Crippen LogP contribution >= 0.6 is 27.5 Å². The van der Waals surface area contributed by atoms with E-state index < -0.39 is 0 Å². The van der Waals surface area contributed by atoms with Crippen LogP contribution in [0.2, 0.25) is 5.02 Å². The molecular weight excluding hydrogens is 304 g/mol. The molecule has 1 rings (SSSR count). The maximum Gasteiger partial charge on any atom is 0.217 e. The molecule has 0 aliphatic carbocycles. The predicted octanol–water partition coefficient (Wildman–Crippen LogP) is 3.02. The first-order chi connectivity index (χ1) is 8.00. The third kappa shape index (κ3) is 5.06. The highest BCUT2D eigenvalue weighted by molar-refractivity contribution is 9.10. The third-order valence-corrected chi connectivity index (χ3v) is 3.30. The van der Waals surface area contributed by atoms with Crippen LogP contribution in [-0.4, -0.2) is 12.5 Å². The first kappa shape index (κ1) is 14.5. The predicted molar refractivity (Wildman–Crippen MR) is 74.0 cm³/mol. The molecule has 0 spiro atoms. The standard InChI is InChI=1S/C12H16BrClN2O/c1-8(16-6-2-3-12(15)17)10-5-4-9(13)7-11(10)14/h4-5,7-8,16H,2-3,6H2,1H3,(H2,15,17). The molecular formula is C12H16BrClN2O. The molecule has 1 aromatic rings.